The lowest BCUT2D eigenvalue weighted by atomic mass is 9.89. The average Bonchev–Trinajstić information content (AvgIpc) is 2.89. The molecule has 6 nitrogen and oxygen atoms in total. The summed E-state index contributed by atoms with van der Waals surface area (Å²) in [6.45, 7) is 2.77. The first kappa shape index (κ1) is 15.2. The highest BCUT2D eigenvalue weighted by molar-refractivity contribution is 6.02. The van der Waals surface area contributed by atoms with E-state index in [2.05, 4.69) is 5.32 Å². The summed E-state index contributed by atoms with van der Waals surface area (Å²) >= 11 is 0. The molecule has 2 amide bonds. The molecule has 1 aliphatic rings. The minimum Gasteiger partial charge on any atom is -0.496 e. The number of hydrogen-bond acceptors (Lipinski definition) is 4. The van der Waals surface area contributed by atoms with Gasteiger partial charge in [0.05, 0.1) is 12.5 Å². The Bertz CT molecular complexity index is 573. The first-order chi connectivity index (χ1) is 9.92. The fourth-order valence-electron chi connectivity index (χ4n) is 2.73. The van der Waals surface area contributed by atoms with Crippen molar-refractivity contribution in [2.24, 2.45) is 5.41 Å². The smallest absolute Gasteiger partial charge is 0.259 e. The maximum Gasteiger partial charge on any atom is 0.259 e. The fraction of sp³-hybridized carbons (Fsp3) is 0.467. The second-order valence-electron chi connectivity index (χ2n) is 5.54. The molecule has 0 saturated carbocycles. The molecule has 0 aromatic heterocycles. The molecule has 3 N–H and O–H groups in total. The molecule has 0 radical (unpaired) electrons. The number of nitrogen functional groups attached to an aromatic ring is 1. The van der Waals surface area contributed by atoms with Crippen LogP contribution < -0.4 is 15.8 Å². The minimum absolute atomic E-state index is 0.0502. The molecule has 1 heterocycles. The number of benzene rings is 1. The van der Waals surface area contributed by atoms with Gasteiger partial charge >= 0.3 is 0 Å². The number of carbonyl (C=O) groups is 2. The summed E-state index contributed by atoms with van der Waals surface area (Å²) in [5.74, 6) is 0.205. The molecule has 1 aliphatic heterocycles. The lowest BCUT2D eigenvalue weighted by molar-refractivity contribution is -0.128. The number of nitrogens with two attached hydrogens (primary N) is 1. The van der Waals surface area contributed by atoms with Crippen molar-refractivity contribution in [3.63, 3.8) is 0 Å². The zero-order valence-corrected chi connectivity index (χ0v) is 12.6. The molecule has 2 rings (SSSR count). The topological polar surface area (TPSA) is 84.7 Å². The second-order valence-corrected chi connectivity index (χ2v) is 5.54. The summed E-state index contributed by atoms with van der Waals surface area (Å²) in [7, 11) is 3.11. The number of carbonyl (C=O) groups excluding carboxylic acids is 2. The van der Waals surface area contributed by atoms with E-state index in [1.165, 1.54) is 7.11 Å². The number of nitrogens with zero attached hydrogens (tertiary/aromatic N) is 1. The van der Waals surface area contributed by atoms with E-state index in [-0.39, 0.29) is 11.8 Å². The van der Waals surface area contributed by atoms with Crippen LogP contribution in [0.1, 0.15) is 23.7 Å². The highest BCUT2D eigenvalue weighted by atomic mass is 16.5. The number of likely N-dealkylation sites (tertiary alicyclic amines) is 1. The van der Waals surface area contributed by atoms with Crippen molar-refractivity contribution in [2.75, 3.05) is 33.0 Å². The molecular formula is C15H21N3O3. The lowest BCUT2D eigenvalue weighted by Gasteiger charge is -2.23. The third kappa shape index (κ3) is 2.66. The Morgan fingerprint density at radius 1 is 1.43 bits per heavy atom. The molecule has 6 heteroatoms. The van der Waals surface area contributed by atoms with Crippen molar-refractivity contribution in [1.29, 1.82) is 0 Å². The van der Waals surface area contributed by atoms with E-state index in [9.17, 15) is 9.59 Å². The standard InChI is InChI=1S/C15H21N3O3/c1-15(14(20)17-2)7-8-18(9-15)13(19)12-10(16)5-4-6-11(12)21-3/h4-6H,7-9,16H2,1-3H3,(H,17,20). The minimum atomic E-state index is -0.554. The third-order valence-corrected chi connectivity index (χ3v) is 4.03. The van der Waals surface area contributed by atoms with Crippen LogP contribution in [0.5, 0.6) is 5.75 Å². The van der Waals surface area contributed by atoms with E-state index >= 15 is 0 Å². The Kier molecular flexibility index (Phi) is 4.06. The van der Waals surface area contributed by atoms with Gasteiger partial charge in [0.2, 0.25) is 5.91 Å². The predicted octanol–water partition coefficient (Wildman–Crippen LogP) is 0.876. The molecule has 1 fully saturated rings. The van der Waals surface area contributed by atoms with E-state index in [0.29, 0.717) is 36.5 Å². The van der Waals surface area contributed by atoms with Gasteiger partial charge in [0, 0.05) is 25.8 Å². The Hall–Kier alpha value is -2.24. The predicted molar refractivity (Wildman–Crippen MR) is 80.1 cm³/mol. The van der Waals surface area contributed by atoms with Gasteiger partial charge in [0.1, 0.15) is 11.3 Å². The average molecular weight is 291 g/mol. The Labute approximate surface area is 124 Å². The van der Waals surface area contributed by atoms with Crippen molar-refractivity contribution in [3.8, 4) is 5.75 Å². The van der Waals surface area contributed by atoms with Gasteiger partial charge in [-0.25, -0.2) is 0 Å². The fourth-order valence-corrected chi connectivity index (χ4v) is 2.73. The highest BCUT2D eigenvalue weighted by Crippen LogP contribution is 2.33. The van der Waals surface area contributed by atoms with Crippen LogP contribution in [0.2, 0.25) is 0 Å². The summed E-state index contributed by atoms with van der Waals surface area (Å²) < 4.78 is 5.22. The number of amides is 2. The molecule has 1 aromatic carbocycles. The van der Waals surface area contributed by atoms with E-state index in [4.69, 9.17) is 10.5 Å². The van der Waals surface area contributed by atoms with E-state index in [1.54, 1.807) is 30.1 Å². The molecule has 0 aliphatic carbocycles. The monoisotopic (exact) mass is 291 g/mol. The number of anilines is 1. The van der Waals surface area contributed by atoms with Crippen molar-refractivity contribution < 1.29 is 14.3 Å². The molecule has 1 atom stereocenters. The van der Waals surface area contributed by atoms with E-state index in [0.717, 1.165) is 0 Å². The molecule has 1 saturated heterocycles. The van der Waals surface area contributed by atoms with Crippen molar-refractivity contribution in [1.82, 2.24) is 10.2 Å². The number of methoxy groups -OCH3 is 1. The molecule has 1 aromatic rings. The summed E-state index contributed by atoms with van der Waals surface area (Å²) in [5.41, 5.74) is 6.10. The summed E-state index contributed by atoms with van der Waals surface area (Å²) in [4.78, 5) is 26.3. The van der Waals surface area contributed by atoms with Crippen LogP contribution >= 0.6 is 0 Å². The normalized spacial score (nSPS) is 21.2. The molecule has 114 valence electrons. The van der Waals surface area contributed by atoms with Crippen LogP contribution in [0.4, 0.5) is 5.69 Å². The SMILES string of the molecule is CNC(=O)C1(C)CCN(C(=O)c2c(N)cccc2OC)C1. The highest BCUT2D eigenvalue weighted by Gasteiger charge is 2.42. The maximum absolute atomic E-state index is 12.7. The number of nitrogens with one attached hydrogen (secondary N) is 1. The van der Waals surface area contributed by atoms with Crippen LogP contribution in [-0.4, -0.2) is 44.0 Å². The summed E-state index contributed by atoms with van der Waals surface area (Å²) in [5, 5.41) is 2.65. The first-order valence-corrected chi connectivity index (χ1v) is 6.87. The lowest BCUT2D eigenvalue weighted by Crippen LogP contribution is -2.40. The zero-order chi connectivity index (χ0) is 15.6. The van der Waals surface area contributed by atoms with Crippen LogP contribution in [0.3, 0.4) is 0 Å². The molecule has 1 unspecified atom stereocenters. The Balaban J connectivity index is 2.25. The Morgan fingerprint density at radius 3 is 2.76 bits per heavy atom. The molecule has 21 heavy (non-hydrogen) atoms. The van der Waals surface area contributed by atoms with Gasteiger partial charge < -0.3 is 20.7 Å². The number of rotatable bonds is 3. The quantitative estimate of drug-likeness (QED) is 0.810. The Morgan fingerprint density at radius 2 is 2.14 bits per heavy atom. The van der Waals surface area contributed by atoms with Gasteiger partial charge in [0.15, 0.2) is 0 Å². The molecular weight excluding hydrogens is 270 g/mol. The van der Waals surface area contributed by atoms with E-state index < -0.39 is 5.41 Å². The van der Waals surface area contributed by atoms with Gasteiger partial charge in [-0.15, -0.1) is 0 Å². The number of hydrogen-bond donors (Lipinski definition) is 2. The van der Waals surface area contributed by atoms with Crippen molar-refractivity contribution in [3.05, 3.63) is 23.8 Å². The third-order valence-electron chi connectivity index (χ3n) is 4.03. The van der Waals surface area contributed by atoms with Crippen LogP contribution in [0, 0.1) is 5.41 Å². The van der Waals surface area contributed by atoms with Gasteiger partial charge in [-0.3, -0.25) is 9.59 Å². The first-order valence-electron chi connectivity index (χ1n) is 6.87. The van der Waals surface area contributed by atoms with Crippen LogP contribution in [0.15, 0.2) is 18.2 Å². The van der Waals surface area contributed by atoms with Crippen LogP contribution in [0.25, 0.3) is 0 Å². The van der Waals surface area contributed by atoms with Gasteiger partial charge in [-0.05, 0) is 25.5 Å². The summed E-state index contributed by atoms with van der Waals surface area (Å²) in [6, 6.07) is 5.12. The van der Waals surface area contributed by atoms with Crippen molar-refractivity contribution in [2.45, 2.75) is 13.3 Å². The van der Waals surface area contributed by atoms with Crippen LogP contribution in [-0.2, 0) is 4.79 Å². The van der Waals surface area contributed by atoms with Gasteiger partial charge in [-0.2, -0.15) is 0 Å². The largest absolute Gasteiger partial charge is 0.496 e. The van der Waals surface area contributed by atoms with E-state index in [1.807, 2.05) is 6.92 Å². The second kappa shape index (κ2) is 5.63. The number of ether oxygens (including phenoxy) is 1. The van der Waals surface area contributed by atoms with Gasteiger partial charge in [0.25, 0.3) is 5.91 Å². The summed E-state index contributed by atoms with van der Waals surface area (Å²) in [6.07, 6.45) is 0.632. The molecule has 0 spiro atoms. The van der Waals surface area contributed by atoms with Crippen molar-refractivity contribution >= 4 is 17.5 Å². The van der Waals surface area contributed by atoms with Gasteiger partial charge in [-0.1, -0.05) is 6.07 Å². The zero-order valence-electron chi connectivity index (χ0n) is 12.6. The maximum atomic E-state index is 12.7. The molecule has 0 bridgehead atoms.